The molecular formula is C14H14N2O2. The van der Waals surface area contributed by atoms with E-state index >= 15 is 0 Å². The topological polar surface area (TPSA) is 44.1 Å². The SMILES string of the molecule is COC(=O)c1cn2c(n1)-c1ccccc1CCC2. The van der Waals surface area contributed by atoms with Crippen LogP contribution < -0.4 is 0 Å². The van der Waals surface area contributed by atoms with Gasteiger partial charge in [0.2, 0.25) is 0 Å². The molecule has 3 rings (SSSR count). The molecule has 0 saturated heterocycles. The van der Waals surface area contributed by atoms with Gasteiger partial charge < -0.3 is 9.30 Å². The Labute approximate surface area is 105 Å². The zero-order valence-corrected chi connectivity index (χ0v) is 10.2. The monoisotopic (exact) mass is 242 g/mol. The summed E-state index contributed by atoms with van der Waals surface area (Å²) in [6, 6.07) is 8.22. The molecule has 2 aromatic rings. The first-order valence-corrected chi connectivity index (χ1v) is 6.03. The fourth-order valence-corrected chi connectivity index (χ4v) is 2.40. The number of hydrogen-bond donors (Lipinski definition) is 0. The number of methoxy groups -OCH3 is 1. The second-order valence-corrected chi connectivity index (χ2v) is 4.40. The zero-order valence-electron chi connectivity index (χ0n) is 10.2. The first-order chi connectivity index (χ1) is 8.79. The average molecular weight is 242 g/mol. The summed E-state index contributed by atoms with van der Waals surface area (Å²) < 4.78 is 6.76. The number of carbonyl (C=O) groups is 1. The van der Waals surface area contributed by atoms with E-state index in [0.29, 0.717) is 5.69 Å². The molecule has 0 aliphatic carbocycles. The second-order valence-electron chi connectivity index (χ2n) is 4.40. The van der Waals surface area contributed by atoms with Crippen LogP contribution in [0, 0.1) is 0 Å². The fraction of sp³-hybridized carbons (Fsp3) is 0.286. The van der Waals surface area contributed by atoms with Crippen LogP contribution in [-0.2, 0) is 17.7 Å². The highest BCUT2D eigenvalue weighted by molar-refractivity contribution is 5.88. The number of esters is 1. The van der Waals surface area contributed by atoms with Gasteiger partial charge in [0.1, 0.15) is 5.82 Å². The number of imidazole rings is 1. The van der Waals surface area contributed by atoms with Crippen molar-refractivity contribution in [1.82, 2.24) is 9.55 Å². The van der Waals surface area contributed by atoms with Crippen molar-refractivity contribution < 1.29 is 9.53 Å². The molecule has 0 radical (unpaired) electrons. The largest absolute Gasteiger partial charge is 0.464 e. The predicted molar refractivity (Wildman–Crippen MR) is 67.3 cm³/mol. The summed E-state index contributed by atoms with van der Waals surface area (Å²) >= 11 is 0. The standard InChI is InChI=1S/C14H14N2O2/c1-18-14(17)12-9-16-8-4-6-10-5-2-3-7-11(10)13(16)15-12/h2-3,5,7,9H,4,6,8H2,1H3. The maximum atomic E-state index is 11.5. The first kappa shape index (κ1) is 11.0. The minimum absolute atomic E-state index is 0.379. The third-order valence-electron chi connectivity index (χ3n) is 3.27. The highest BCUT2D eigenvalue weighted by Gasteiger charge is 2.19. The lowest BCUT2D eigenvalue weighted by atomic mass is 10.0. The molecule has 0 N–H and O–H groups in total. The number of benzene rings is 1. The summed E-state index contributed by atoms with van der Waals surface area (Å²) in [5.74, 6) is 0.483. The maximum absolute atomic E-state index is 11.5. The number of aromatic nitrogens is 2. The molecule has 2 heterocycles. The Hall–Kier alpha value is -2.10. The molecule has 1 aliphatic heterocycles. The van der Waals surface area contributed by atoms with E-state index in [1.165, 1.54) is 12.7 Å². The highest BCUT2D eigenvalue weighted by atomic mass is 16.5. The van der Waals surface area contributed by atoms with Crippen molar-refractivity contribution >= 4 is 5.97 Å². The van der Waals surface area contributed by atoms with Crippen LogP contribution in [0.15, 0.2) is 30.5 Å². The molecule has 1 aliphatic rings. The number of fused-ring (bicyclic) bond motifs is 3. The Balaban J connectivity index is 2.15. The number of aryl methyl sites for hydroxylation is 2. The lowest BCUT2D eigenvalue weighted by molar-refractivity contribution is 0.0594. The normalized spacial score (nSPS) is 13.4. The number of hydrogen-bond acceptors (Lipinski definition) is 3. The molecule has 0 amide bonds. The predicted octanol–water partition coefficient (Wildman–Crippen LogP) is 2.28. The smallest absolute Gasteiger partial charge is 0.358 e. The van der Waals surface area contributed by atoms with Crippen molar-refractivity contribution in [3.63, 3.8) is 0 Å². The van der Waals surface area contributed by atoms with Gasteiger partial charge in [0, 0.05) is 18.3 Å². The molecule has 0 atom stereocenters. The van der Waals surface area contributed by atoms with Crippen molar-refractivity contribution in [1.29, 1.82) is 0 Å². The Kier molecular flexibility index (Phi) is 2.63. The number of rotatable bonds is 1. The van der Waals surface area contributed by atoms with Crippen molar-refractivity contribution in [2.75, 3.05) is 7.11 Å². The third-order valence-corrected chi connectivity index (χ3v) is 3.27. The molecule has 18 heavy (non-hydrogen) atoms. The van der Waals surface area contributed by atoms with Gasteiger partial charge in [-0.1, -0.05) is 24.3 Å². The van der Waals surface area contributed by atoms with Crippen molar-refractivity contribution in [3.8, 4) is 11.4 Å². The van der Waals surface area contributed by atoms with Gasteiger partial charge in [0.25, 0.3) is 0 Å². The molecular weight excluding hydrogens is 228 g/mol. The van der Waals surface area contributed by atoms with Crippen LogP contribution in [0.25, 0.3) is 11.4 Å². The average Bonchev–Trinajstić information content (AvgIpc) is 2.75. The second kappa shape index (κ2) is 4.29. The van der Waals surface area contributed by atoms with E-state index in [4.69, 9.17) is 4.74 Å². The molecule has 1 aromatic heterocycles. The van der Waals surface area contributed by atoms with Crippen molar-refractivity contribution in [3.05, 3.63) is 41.7 Å². The van der Waals surface area contributed by atoms with E-state index in [2.05, 4.69) is 17.1 Å². The Morgan fingerprint density at radius 2 is 2.22 bits per heavy atom. The van der Waals surface area contributed by atoms with E-state index in [-0.39, 0.29) is 5.97 Å². The van der Waals surface area contributed by atoms with Gasteiger partial charge in [-0.3, -0.25) is 0 Å². The van der Waals surface area contributed by atoms with Gasteiger partial charge >= 0.3 is 5.97 Å². The highest BCUT2D eigenvalue weighted by Crippen LogP contribution is 2.27. The lowest BCUT2D eigenvalue weighted by Crippen LogP contribution is -2.01. The molecule has 0 spiro atoms. The van der Waals surface area contributed by atoms with E-state index in [1.807, 2.05) is 16.7 Å². The summed E-state index contributed by atoms with van der Waals surface area (Å²) in [6.45, 7) is 0.883. The zero-order chi connectivity index (χ0) is 12.5. The van der Waals surface area contributed by atoms with Gasteiger partial charge in [-0.2, -0.15) is 0 Å². The molecule has 4 heteroatoms. The molecule has 0 unspecified atom stereocenters. The van der Waals surface area contributed by atoms with Crippen LogP contribution in [0.4, 0.5) is 0 Å². The summed E-state index contributed by atoms with van der Waals surface area (Å²) in [6.07, 6.45) is 3.89. The Morgan fingerprint density at radius 3 is 3.06 bits per heavy atom. The van der Waals surface area contributed by atoms with Gasteiger partial charge in [-0.15, -0.1) is 0 Å². The number of nitrogens with zero attached hydrogens (tertiary/aromatic N) is 2. The molecule has 92 valence electrons. The third kappa shape index (κ3) is 1.70. The quantitative estimate of drug-likeness (QED) is 0.721. The summed E-state index contributed by atoms with van der Waals surface area (Å²) in [4.78, 5) is 15.9. The van der Waals surface area contributed by atoms with Crippen molar-refractivity contribution in [2.24, 2.45) is 0 Å². The van der Waals surface area contributed by atoms with Crippen LogP contribution in [0.5, 0.6) is 0 Å². The Morgan fingerprint density at radius 1 is 1.39 bits per heavy atom. The van der Waals surface area contributed by atoms with Crippen LogP contribution in [0.3, 0.4) is 0 Å². The first-order valence-electron chi connectivity index (χ1n) is 6.03. The molecule has 1 aromatic carbocycles. The Bertz CT molecular complexity index is 602. The molecule has 0 bridgehead atoms. The van der Waals surface area contributed by atoms with Gasteiger partial charge in [-0.25, -0.2) is 9.78 Å². The van der Waals surface area contributed by atoms with E-state index < -0.39 is 0 Å². The minimum Gasteiger partial charge on any atom is -0.464 e. The molecule has 0 saturated carbocycles. The van der Waals surface area contributed by atoms with E-state index in [0.717, 1.165) is 30.8 Å². The van der Waals surface area contributed by atoms with Gasteiger partial charge in [-0.05, 0) is 18.4 Å². The van der Waals surface area contributed by atoms with E-state index in [1.54, 1.807) is 6.20 Å². The van der Waals surface area contributed by atoms with Crippen LogP contribution in [0.2, 0.25) is 0 Å². The van der Waals surface area contributed by atoms with Crippen LogP contribution in [0.1, 0.15) is 22.5 Å². The minimum atomic E-state index is -0.381. The van der Waals surface area contributed by atoms with Crippen LogP contribution >= 0.6 is 0 Å². The summed E-state index contributed by atoms with van der Waals surface area (Å²) in [5.41, 5.74) is 2.78. The van der Waals surface area contributed by atoms with Crippen molar-refractivity contribution in [2.45, 2.75) is 19.4 Å². The van der Waals surface area contributed by atoms with E-state index in [9.17, 15) is 4.79 Å². The number of ether oxygens (including phenoxy) is 1. The molecule has 0 fully saturated rings. The fourth-order valence-electron chi connectivity index (χ4n) is 2.40. The van der Waals surface area contributed by atoms with Gasteiger partial charge in [0.15, 0.2) is 5.69 Å². The summed E-state index contributed by atoms with van der Waals surface area (Å²) in [5, 5.41) is 0. The van der Waals surface area contributed by atoms with Crippen LogP contribution in [-0.4, -0.2) is 22.6 Å². The lowest BCUT2D eigenvalue weighted by Gasteiger charge is -2.04. The maximum Gasteiger partial charge on any atom is 0.358 e. The summed E-state index contributed by atoms with van der Waals surface area (Å²) in [7, 11) is 1.38. The molecule has 4 nitrogen and oxygen atoms in total. The van der Waals surface area contributed by atoms with Gasteiger partial charge in [0.05, 0.1) is 7.11 Å². The number of carbonyl (C=O) groups excluding carboxylic acids is 1.